The van der Waals surface area contributed by atoms with E-state index >= 15 is 0 Å². The number of rotatable bonds is 2. The predicted octanol–water partition coefficient (Wildman–Crippen LogP) is 2.76. The van der Waals surface area contributed by atoms with E-state index in [9.17, 15) is 0 Å². The largest absolute Gasteiger partial charge is 0.371 e. The molecule has 16 heavy (non-hydrogen) atoms. The molecule has 1 saturated carbocycles. The third-order valence-electron chi connectivity index (χ3n) is 3.73. The van der Waals surface area contributed by atoms with E-state index in [1.54, 1.807) is 0 Å². The Kier molecular flexibility index (Phi) is 2.40. The average Bonchev–Trinajstić information content (AvgIpc) is 2.73. The molecule has 1 fully saturated rings. The van der Waals surface area contributed by atoms with Gasteiger partial charge in [0, 0.05) is 11.6 Å². The first-order chi connectivity index (χ1) is 7.81. The lowest BCUT2D eigenvalue weighted by Crippen LogP contribution is -2.47. The minimum atomic E-state index is 0.168. The summed E-state index contributed by atoms with van der Waals surface area (Å²) in [6.07, 6.45) is 3.71. The molecule has 1 aliphatic carbocycles. The van der Waals surface area contributed by atoms with Crippen molar-refractivity contribution < 1.29 is 0 Å². The van der Waals surface area contributed by atoms with Crippen LogP contribution in [0.15, 0.2) is 29.3 Å². The van der Waals surface area contributed by atoms with E-state index in [1.165, 1.54) is 30.7 Å². The van der Waals surface area contributed by atoms with Crippen LogP contribution in [0.5, 0.6) is 0 Å². The molecule has 2 nitrogen and oxygen atoms in total. The van der Waals surface area contributed by atoms with Crippen molar-refractivity contribution in [3.63, 3.8) is 0 Å². The van der Waals surface area contributed by atoms with Crippen LogP contribution in [0.25, 0.3) is 0 Å². The van der Waals surface area contributed by atoms with Gasteiger partial charge >= 0.3 is 0 Å². The summed E-state index contributed by atoms with van der Waals surface area (Å²) >= 11 is 5.94. The quantitative estimate of drug-likeness (QED) is 0.836. The van der Waals surface area contributed by atoms with E-state index in [4.69, 9.17) is 11.6 Å². The molecule has 0 spiro atoms. The summed E-state index contributed by atoms with van der Waals surface area (Å²) in [6, 6.07) is 8.24. The lowest BCUT2D eigenvalue weighted by atomic mass is 9.63. The number of aliphatic imine (C=N–C) groups is 1. The van der Waals surface area contributed by atoms with E-state index in [0.29, 0.717) is 0 Å². The van der Waals surface area contributed by atoms with Gasteiger partial charge in [0.15, 0.2) is 0 Å². The maximum atomic E-state index is 5.94. The molecular formula is C13H15ClN2. The standard InChI is InChI=1S/C13H15ClN2/c14-11-4-2-10(3-5-11)13(6-1-7-13)12-15-8-9-16-12/h2-5H,1,6-9H2,(H,15,16). The van der Waals surface area contributed by atoms with E-state index in [2.05, 4.69) is 22.4 Å². The SMILES string of the molecule is Clc1ccc(C2(C3=NCCN3)CCC2)cc1. The highest BCUT2D eigenvalue weighted by atomic mass is 35.5. The third kappa shape index (κ3) is 1.44. The fraction of sp³-hybridized carbons (Fsp3) is 0.462. The smallest absolute Gasteiger partial charge is 0.107 e. The zero-order chi connectivity index (χ0) is 11.0. The van der Waals surface area contributed by atoms with Crippen molar-refractivity contribution in [1.82, 2.24) is 5.32 Å². The van der Waals surface area contributed by atoms with Crippen molar-refractivity contribution in [3.05, 3.63) is 34.9 Å². The Morgan fingerprint density at radius 1 is 1.19 bits per heavy atom. The molecular weight excluding hydrogens is 220 g/mol. The fourth-order valence-electron chi connectivity index (χ4n) is 2.68. The second-order valence-corrected chi connectivity index (χ2v) is 5.04. The maximum absolute atomic E-state index is 5.94. The Hall–Kier alpha value is -1.02. The fourth-order valence-corrected chi connectivity index (χ4v) is 2.81. The van der Waals surface area contributed by atoms with E-state index in [1.807, 2.05) is 12.1 Å². The Bertz CT molecular complexity index is 418. The minimum Gasteiger partial charge on any atom is -0.371 e. The Morgan fingerprint density at radius 2 is 1.94 bits per heavy atom. The molecule has 84 valence electrons. The second kappa shape index (κ2) is 3.77. The van der Waals surface area contributed by atoms with Crippen molar-refractivity contribution in [2.75, 3.05) is 13.1 Å². The summed E-state index contributed by atoms with van der Waals surface area (Å²) < 4.78 is 0. The van der Waals surface area contributed by atoms with E-state index in [0.717, 1.165) is 18.1 Å². The van der Waals surface area contributed by atoms with Gasteiger partial charge in [-0.15, -0.1) is 0 Å². The first-order valence-electron chi connectivity index (χ1n) is 5.86. The van der Waals surface area contributed by atoms with Crippen molar-refractivity contribution >= 4 is 17.4 Å². The van der Waals surface area contributed by atoms with Gasteiger partial charge in [-0.2, -0.15) is 0 Å². The Morgan fingerprint density at radius 3 is 2.44 bits per heavy atom. The minimum absolute atomic E-state index is 0.168. The summed E-state index contributed by atoms with van der Waals surface area (Å²) in [5.41, 5.74) is 1.53. The van der Waals surface area contributed by atoms with Gasteiger partial charge in [0.1, 0.15) is 5.84 Å². The summed E-state index contributed by atoms with van der Waals surface area (Å²) in [7, 11) is 0. The molecule has 0 radical (unpaired) electrons. The highest BCUT2D eigenvalue weighted by Crippen LogP contribution is 2.45. The molecule has 0 aromatic heterocycles. The van der Waals surface area contributed by atoms with Crippen LogP contribution in [0, 0.1) is 0 Å². The number of nitrogens with zero attached hydrogens (tertiary/aromatic N) is 1. The van der Waals surface area contributed by atoms with E-state index in [-0.39, 0.29) is 5.41 Å². The highest BCUT2D eigenvalue weighted by molar-refractivity contribution is 6.30. The molecule has 0 amide bonds. The molecule has 0 saturated heterocycles. The van der Waals surface area contributed by atoms with Crippen LogP contribution < -0.4 is 5.32 Å². The zero-order valence-corrected chi connectivity index (χ0v) is 9.93. The van der Waals surface area contributed by atoms with Gasteiger partial charge in [0.2, 0.25) is 0 Å². The van der Waals surface area contributed by atoms with Gasteiger partial charge in [-0.25, -0.2) is 0 Å². The molecule has 1 aromatic carbocycles. The van der Waals surface area contributed by atoms with Crippen LogP contribution in [0.1, 0.15) is 24.8 Å². The van der Waals surface area contributed by atoms with Gasteiger partial charge in [0.05, 0.1) is 12.0 Å². The predicted molar refractivity (Wildman–Crippen MR) is 67.3 cm³/mol. The van der Waals surface area contributed by atoms with Gasteiger partial charge in [-0.3, -0.25) is 4.99 Å². The monoisotopic (exact) mass is 234 g/mol. The number of halogens is 1. The topological polar surface area (TPSA) is 24.4 Å². The molecule has 1 heterocycles. The van der Waals surface area contributed by atoms with Crippen LogP contribution in [0.4, 0.5) is 0 Å². The van der Waals surface area contributed by atoms with Crippen LogP contribution in [-0.4, -0.2) is 18.9 Å². The van der Waals surface area contributed by atoms with Gasteiger partial charge < -0.3 is 5.32 Å². The average molecular weight is 235 g/mol. The molecule has 1 aromatic rings. The van der Waals surface area contributed by atoms with Gasteiger partial charge in [0.25, 0.3) is 0 Å². The van der Waals surface area contributed by atoms with Crippen LogP contribution in [-0.2, 0) is 5.41 Å². The van der Waals surface area contributed by atoms with Crippen molar-refractivity contribution in [1.29, 1.82) is 0 Å². The molecule has 3 heteroatoms. The normalized spacial score (nSPS) is 22.2. The summed E-state index contributed by atoms with van der Waals surface area (Å²) in [5.74, 6) is 1.20. The Balaban J connectivity index is 1.98. The number of benzene rings is 1. The van der Waals surface area contributed by atoms with Crippen molar-refractivity contribution in [2.24, 2.45) is 4.99 Å². The summed E-state index contributed by atoms with van der Waals surface area (Å²) in [4.78, 5) is 4.60. The molecule has 0 atom stereocenters. The maximum Gasteiger partial charge on any atom is 0.107 e. The van der Waals surface area contributed by atoms with Gasteiger partial charge in [-0.05, 0) is 30.5 Å². The van der Waals surface area contributed by atoms with Crippen molar-refractivity contribution in [3.8, 4) is 0 Å². The summed E-state index contributed by atoms with van der Waals surface area (Å²) in [6.45, 7) is 1.91. The first kappa shape index (κ1) is 10.2. The molecule has 1 N–H and O–H groups in total. The summed E-state index contributed by atoms with van der Waals surface area (Å²) in [5, 5.41) is 4.23. The highest BCUT2D eigenvalue weighted by Gasteiger charge is 2.44. The molecule has 2 aliphatic rings. The zero-order valence-electron chi connectivity index (χ0n) is 9.17. The number of hydrogen-bond acceptors (Lipinski definition) is 2. The van der Waals surface area contributed by atoms with Crippen LogP contribution in [0.3, 0.4) is 0 Å². The number of nitrogens with one attached hydrogen (secondary N) is 1. The second-order valence-electron chi connectivity index (χ2n) is 4.60. The third-order valence-corrected chi connectivity index (χ3v) is 3.98. The number of amidine groups is 1. The Labute approximate surface area is 101 Å². The van der Waals surface area contributed by atoms with Crippen LogP contribution in [0.2, 0.25) is 5.02 Å². The molecule has 0 unspecified atom stereocenters. The lowest BCUT2D eigenvalue weighted by molar-refractivity contribution is 0.335. The van der Waals surface area contributed by atoms with Gasteiger partial charge in [-0.1, -0.05) is 30.2 Å². The molecule has 0 bridgehead atoms. The first-order valence-corrected chi connectivity index (χ1v) is 6.24. The number of hydrogen-bond donors (Lipinski definition) is 1. The molecule has 3 rings (SSSR count). The van der Waals surface area contributed by atoms with E-state index < -0.39 is 0 Å². The molecule has 1 aliphatic heterocycles. The van der Waals surface area contributed by atoms with Crippen LogP contribution >= 0.6 is 11.6 Å². The van der Waals surface area contributed by atoms with Crippen molar-refractivity contribution in [2.45, 2.75) is 24.7 Å². The lowest BCUT2D eigenvalue weighted by Gasteiger charge is -2.42.